The predicted molar refractivity (Wildman–Crippen MR) is 70.5 cm³/mol. The van der Waals surface area contributed by atoms with Crippen molar-refractivity contribution in [3.8, 4) is 0 Å². The van der Waals surface area contributed by atoms with Crippen LogP contribution in [0.15, 0.2) is 18.2 Å². The number of likely N-dealkylation sites (tertiary alicyclic amines) is 1. The molecule has 1 aromatic carbocycles. The van der Waals surface area contributed by atoms with Crippen LogP contribution in [0.25, 0.3) is 0 Å². The summed E-state index contributed by atoms with van der Waals surface area (Å²) >= 11 is 0. The van der Waals surface area contributed by atoms with Crippen LogP contribution in [-0.2, 0) is 20.7 Å². The van der Waals surface area contributed by atoms with Crippen LogP contribution < -0.4 is 0 Å². The Morgan fingerprint density at radius 3 is 2.43 bits per heavy atom. The Morgan fingerprint density at radius 2 is 1.81 bits per heavy atom. The van der Waals surface area contributed by atoms with Crippen LogP contribution in [0, 0.1) is 11.6 Å². The van der Waals surface area contributed by atoms with Gasteiger partial charge in [-0.1, -0.05) is 6.07 Å². The molecule has 1 amide bonds. The number of piperidine rings is 1. The summed E-state index contributed by atoms with van der Waals surface area (Å²) in [7, 11) is 0. The van der Waals surface area contributed by atoms with E-state index >= 15 is 0 Å². The lowest BCUT2D eigenvalue weighted by atomic mass is 10.0. The molecule has 0 atom stereocenters. The van der Waals surface area contributed by atoms with Gasteiger partial charge in [0, 0.05) is 25.9 Å². The molecule has 0 N–H and O–H groups in total. The SMILES string of the molecule is O=C(Cc1ccc(F)c(F)c1)N1CCC2(CC1)OCCO2. The zero-order valence-corrected chi connectivity index (χ0v) is 11.6. The number of nitrogens with zero attached hydrogens (tertiary/aromatic N) is 1. The normalized spacial score (nSPS) is 21.0. The number of rotatable bonds is 2. The van der Waals surface area contributed by atoms with Gasteiger partial charge in [0.25, 0.3) is 0 Å². The summed E-state index contributed by atoms with van der Waals surface area (Å²) < 4.78 is 37.2. The molecule has 2 aliphatic heterocycles. The fourth-order valence-corrected chi connectivity index (χ4v) is 2.82. The van der Waals surface area contributed by atoms with E-state index in [9.17, 15) is 13.6 Å². The van der Waals surface area contributed by atoms with Gasteiger partial charge in [-0.2, -0.15) is 0 Å². The van der Waals surface area contributed by atoms with Crippen molar-refractivity contribution in [2.45, 2.75) is 25.0 Å². The molecule has 3 rings (SSSR count). The lowest BCUT2D eigenvalue weighted by Gasteiger charge is -2.37. The number of carbonyl (C=O) groups is 1. The fourth-order valence-electron chi connectivity index (χ4n) is 2.82. The van der Waals surface area contributed by atoms with Gasteiger partial charge in [0.2, 0.25) is 5.91 Å². The third-order valence-electron chi connectivity index (χ3n) is 4.03. The summed E-state index contributed by atoms with van der Waals surface area (Å²) in [6.07, 6.45) is 1.37. The van der Waals surface area contributed by atoms with Gasteiger partial charge in [-0.25, -0.2) is 8.78 Å². The van der Waals surface area contributed by atoms with Crippen molar-refractivity contribution in [3.63, 3.8) is 0 Å². The largest absolute Gasteiger partial charge is 0.347 e. The van der Waals surface area contributed by atoms with Crippen LogP contribution in [0.3, 0.4) is 0 Å². The van der Waals surface area contributed by atoms with E-state index in [2.05, 4.69) is 0 Å². The monoisotopic (exact) mass is 297 g/mol. The van der Waals surface area contributed by atoms with Gasteiger partial charge in [0.05, 0.1) is 19.6 Å². The molecule has 1 aromatic rings. The van der Waals surface area contributed by atoms with E-state index in [0.717, 1.165) is 12.1 Å². The van der Waals surface area contributed by atoms with Crippen molar-refractivity contribution >= 4 is 5.91 Å². The molecule has 0 radical (unpaired) electrons. The third kappa shape index (κ3) is 3.06. The Bertz CT molecular complexity index is 534. The van der Waals surface area contributed by atoms with Gasteiger partial charge in [-0.3, -0.25) is 4.79 Å². The predicted octanol–water partition coefficient (Wildman–Crippen LogP) is 1.87. The summed E-state index contributed by atoms with van der Waals surface area (Å²) in [4.78, 5) is 13.9. The summed E-state index contributed by atoms with van der Waals surface area (Å²) in [6, 6.07) is 3.55. The molecule has 0 saturated carbocycles. The van der Waals surface area contributed by atoms with Crippen LogP contribution in [0.5, 0.6) is 0 Å². The average molecular weight is 297 g/mol. The van der Waals surface area contributed by atoms with E-state index < -0.39 is 17.4 Å². The highest BCUT2D eigenvalue weighted by molar-refractivity contribution is 5.78. The first-order chi connectivity index (χ1) is 10.1. The second-order valence-electron chi connectivity index (χ2n) is 5.41. The number of hydrogen-bond donors (Lipinski definition) is 0. The lowest BCUT2D eigenvalue weighted by Crippen LogP contribution is -2.47. The molecule has 21 heavy (non-hydrogen) atoms. The van der Waals surface area contributed by atoms with Crippen molar-refractivity contribution in [2.24, 2.45) is 0 Å². The summed E-state index contributed by atoms with van der Waals surface area (Å²) in [6.45, 7) is 2.32. The van der Waals surface area contributed by atoms with Gasteiger partial charge >= 0.3 is 0 Å². The fraction of sp³-hybridized carbons (Fsp3) is 0.533. The zero-order valence-electron chi connectivity index (χ0n) is 11.6. The maximum absolute atomic E-state index is 13.1. The van der Waals surface area contributed by atoms with E-state index in [1.54, 1.807) is 4.90 Å². The molecular formula is C15H17F2NO3. The summed E-state index contributed by atoms with van der Waals surface area (Å²) in [5.41, 5.74) is 0.479. The first-order valence-electron chi connectivity index (χ1n) is 7.08. The second kappa shape index (κ2) is 5.69. The van der Waals surface area contributed by atoms with Crippen LogP contribution in [-0.4, -0.2) is 42.9 Å². The molecule has 2 heterocycles. The smallest absolute Gasteiger partial charge is 0.226 e. The highest BCUT2D eigenvalue weighted by Crippen LogP contribution is 2.31. The molecule has 0 aliphatic carbocycles. The Hall–Kier alpha value is -1.53. The first kappa shape index (κ1) is 14.4. The molecule has 1 spiro atoms. The van der Waals surface area contributed by atoms with Crippen LogP contribution >= 0.6 is 0 Å². The van der Waals surface area contributed by atoms with E-state index in [1.165, 1.54) is 6.07 Å². The Kier molecular flexibility index (Phi) is 3.91. The van der Waals surface area contributed by atoms with E-state index in [4.69, 9.17) is 9.47 Å². The van der Waals surface area contributed by atoms with Crippen molar-refractivity contribution in [2.75, 3.05) is 26.3 Å². The molecule has 0 unspecified atom stereocenters. The van der Waals surface area contributed by atoms with Crippen LogP contribution in [0.4, 0.5) is 8.78 Å². The molecule has 6 heteroatoms. The van der Waals surface area contributed by atoms with Crippen molar-refractivity contribution in [3.05, 3.63) is 35.4 Å². The number of amides is 1. The van der Waals surface area contributed by atoms with E-state index in [1.807, 2.05) is 0 Å². The Balaban J connectivity index is 1.57. The van der Waals surface area contributed by atoms with Crippen LogP contribution in [0.1, 0.15) is 18.4 Å². The minimum Gasteiger partial charge on any atom is -0.347 e. The number of ether oxygens (including phenoxy) is 2. The first-order valence-corrected chi connectivity index (χ1v) is 7.08. The zero-order chi connectivity index (χ0) is 14.9. The van der Waals surface area contributed by atoms with Crippen LogP contribution in [0.2, 0.25) is 0 Å². The van der Waals surface area contributed by atoms with Gasteiger partial charge < -0.3 is 14.4 Å². The Labute approximate surface area is 121 Å². The number of carbonyl (C=O) groups excluding carboxylic acids is 1. The van der Waals surface area contributed by atoms with E-state index in [-0.39, 0.29) is 12.3 Å². The maximum Gasteiger partial charge on any atom is 0.226 e. The topological polar surface area (TPSA) is 38.8 Å². The van der Waals surface area contributed by atoms with Gasteiger partial charge in [0.15, 0.2) is 17.4 Å². The molecule has 2 fully saturated rings. The molecular weight excluding hydrogens is 280 g/mol. The van der Waals surface area contributed by atoms with E-state index in [0.29, 0.717) is 44.7 Å². The van der Waals surface area contributed by atoms with Gasteiger partial charge in [-0.15, -0.1) is 0 Å². The number of hydrogen-bond acceptors (Lipinski definition) is 3. The van der Waals surface area contributed by atoms with Gasteiger partial charge in [0.1, 0.15) is 0 Å². The molecule has 114 valence electrons. The average Bonchev–Trinajstić information content (AvgIpc) is 2.92. The molecule has 0 aromatic heterocycles. The molecule has 0 bridgehead atoms. The standard InChI is InChI=1S/C15H17F2NO3/c16-12-2-1-11(9-13(12)17)10-14(19)18-5-3-15(4-6-18)20-7-8-21-15/h1-2,9H,3-8,10H2. The van der Waals surface area contributed by atoms with Crippen molar-refractivity contribution in [1.82, 2.24) is 4.90 Å². The Morgan fingerprint density at radius 1 is 1.14 bits per heavy atom. The third-order valence-corrected chi connectivity index (χ3v) is 4.03. The molecule has 2 aliphatic rings. The van der Waals surface area contributed by atoms with Crippen molar-refractivity contribution < 1.29 is 23.0 Å². The highest BCUT2D eigenvalue weighted by Gasteiger charge is 2.40. The number of halogens is 2. The van der Waals surface area contributed by atoms with Gasteiger partial charge in [-0.05, 0) is 17.7 Å². The summed E-state index contributed by atoms with van der Waals surface area (Å²) in [5, 5.41) is 0. The second-order valence-corrected chi connectivity index (χ2v) is 5.41. The summed E-state index contributed by atoms with van der Waals surface area (Å²) in [5.74, 6) is -2.43. The number of benzene rings is 1. The molecule has 4 nitrogen and oxygen atoms in total. The van der Waals surface area contributed by atoms with Crippen molar-refractivity contribution in [1.29, 1.82) is 0 Å². The maximum atomic E-state index is 13.1. The minimum absolute atomic E-state index is 0.0753. The lowest BCUT2D eigenvalue weighted by molar-refractivity contribution is -0.187. The molecule has 2 saturated heterocycles. The minimum atomic E-state index is -0.925. The highest BCUT2D eigenvalue weighted by atomic mass is 19.2. The quantitative estimate of drug-likeness (QED) is 0.836.